The number of nitrogen functional groups attached to an aromatic ring is 1. The van der Waals surface area contributed by atoms with Gasteiger partial charge in [0.2, 0.25) is 0 Å². The Kier molecular flexibility index (Phi) is 8.42. The third-order valence-corrected chi connectivity index (χ3v) is 7.84. The zero-order chi connectivity index (χ0) is 27.4. The Hall–Kier alpha value is -3.50. The molecule has 3 aromatic rings. The molecule has 2 aromatic heterocycles. The lowest BCUT2D eigenvalue weighted by Crippen LogP contribution is -2.38. The molecule has 0 spiro atoms. The molecule has 0 atom stereocenters. The van der Waals surface area contributed by atoms with Gasteiger partial charge in [0.15, 0.2) is 11.6 Å². The summed E-state index contributed by atoms with van der Waals surface area (Å²) in [6.45, 7) is 9.80. The van der Waals surface area contributed by atoms with E-state index in [2.05, 4.69) is 37.2 Å². The summed E-state index contributed by atoms with van der Waals surface area (Å²) < 4.78 is 7.99. The van der Waals surface area contributed by atoms with E-state index in [0.29, 0.717) is 29.6 Å². The van der Waals surface area contributed by atoms with Gasteiger partial charge in [-0.05, 0) is 96.0 Å². The molecular formula is C29H40N8O2. The molecule has 0 aliphatic carbocycles. The second kappa shape index (κ2) is 12.1. The van der Waals surface area contributed by atoms with Crippen LogP contribution in [0.4, 0.5) is 5.82 Å². The van der Waals surface area contributed by atoms with Crippen LogP contribution in [0.25, 0.3) is 11.3 Å². The van der Waals surface area contributed by atoms with E-state index in [-0.39, 0.29) is 17.6 Å². The Balaban J connectivity index is 1.26. The highest BCUT2D eigenvalue weighted by atomic mass is 16.5. The number of aryl methyl sites for hydroxylation is 2. The van der Waals surface area contributed by atoms with Gasteiger partial charge in [-0.3, -0.25) is 9.48 Å². The fourth-order valence-corrected chi connectivity index (χ4v) is 5.61. The van der Waals surface area contributed by atoms with Crippen molar-refractivity contribution in [2.75, 3.05) is 52.0 Å². The minimum Gasteiger partial charge on any atom is -0.433 e. The molecule has 0 unspecified atom stereocenters. The first-order chi connectivity index (χ1) is 18.9. The number of nitrogens with zero attached hydrogens (tertiary/aromatic N) is 6. The molecule has 208 valence electrons. The SMILES string of the molecule is Cc1cc(-c2cnc(N)c(Oc3cnn(C4CCN(C)CC4)c3)n2)cc(C)c1C(=O)NCCN1CCCCC1. The molecule has 0 saturated carbocycles. The number of hydrogen-bond donors (Lipinski definition) is 2. The van der Waals surface area contributed by atoms with Crippen LogP contribution < -0.4 is 15.8 Å². The maximum atomic E-state index is 13.0. The fraction of sp³-hybridized carbons (Fsp3) is 0.517. The van der Waals surface area contributed by atoms with Crippen LogP contribution >= 0.6 is 0 Å². The number of nitrogens with one attached hydrogen (secondary N) is 1. The predicted molar refractivity (Wildman–Crippen MR) is 152 cm³/mol. The number of carbonyl (C=O) groups is 1. The third-order valence-electron chi connectivity index (χ3n) is 7.84. The first kappa shape index (κ1) is 27.1. The number of aromatic nitrogens is 4. The lowest BCUT2D eigenvalue weighted by molar-refractivity contribution is 0.0945. The maximum absolute atomic E-state index is 13.0. The van der Waals surface area contributed by atoms with Crippen LogP contribution in [-0.2, 0) is 0 Å². The standard InChI is InChI=1S/C29H40N8O2/c1-20-15-22(16-21(2)26(20)28(38)31-9-14-36-10-5-4-6-11-36)25-18-32-27(30)29(34-25)39-24-17-33-37(19-24)23-7-12-35(3)13-8-23/h15-19,23H,4-14H2,1-3H3,(H2,30,32)(H,31,38). The summed E-state index contributed by atoms with van der Waals surface area (Å²) in [5.41, 5.74) is 10.1. The molecule has 1 aromatic carbocycles. The van der Waals surface area contributed by atoms with E-state index in [0.717, 1.165) is 62.3 Å². The van der Waals surface area contributed by atoms with Gasteiger partial charge in [0.1, 0.15) is 0 Å². The Morgan fingerprint density at radius 2 is 1.79 bits per heavy atom. The minimum absolute atomic E-state index is 0.0393. The number of amides is 1. The number of hydrogen-bond acceptors (Lipinski definition) is 8. The van der Waals surface area contributed by atoms with Gasteiger partial charge in [-0.25, -0.2) is 9.97 Å². The van der Waals surface area contributed by atoms with Crippen molar-refractivity contribution in [1.82, 2.24) is 34.9 Å². The quantitative estimate of drug-likeness (QED) is 0.450. The highest BCUT2D eigenvalue weighted by molar-refractivity contribution is 5.97. The van der Waals surface area contributed by atoms with Crippen LogP contribution in [0.1, 0.15) is 59.6 Å². The number of rotatable bonds is 8. The van der Waals surface area contributed by atoms with Crippen LogP contribution in [0.15, 0.2) is 30.7 Å². The number of carbonyl (C=O) groups excluding carboxylic acids is 1. The zero-order valence-electron chi connectivity index (χ0n) is 23.3. The van der Waals surface area contributed by atoms with Gasteiger partial charge in [0, 0.05) is 24.2 Å². The van der Waals surface area contributed by atoms with Gasteiger partial charge >= 0.3 is 0 Å². The van der Waals surface area contributed by atoms with Gasteiger partial charge in [0.25, 0.3) is 11.8 Å². The van der Waals surface area contributed by atoms with E-state index >= 15 is 0 Å². The van der Waals surface area contributed by atoms with Gasteiger partial charge in [0.05, 0.1) is 30.3 Å². The molecule has 0 bridgehead atoms. The number of ether oxygens (including phenoxy) is 1. The first-order valence-electron chi connectivity index (χ1n) is 14.0. The van der Waals surface area contributed by atoms with E-state index in [4.69, 9.17) is 10.5 Å². The summed E-state index contributed by atoms with van der Waals surface area (Å²) in [6, 6.07) is 4.29. The van der Waals surface area contributed by atoms with Crippen LogP contribution in [0.5, 0.6) is 11.6 Å². The normalized spacial score (nSPS) is 17.3. The molecule has 3 N–H and O–H groups in total. The molecule has 2 saturated heterocycles. The van der Waals surface area contributed by atoms with Gasteiger partial charge in [-0.1, -0.05) is 6.42 Å². The van der Waals surface area contributed by atoms with E-state index in [1.165, 1.54) is 19.3 Å². The summed E-state index contributed by atoms with van der Waals surface area (Å²) in [4.78, 5) is 26.8. The smallest absolute Gasteiger partial charge is 0.263 e. The average molecular weight is 533 g/mol. The first-order valence-corrected chi connectivity index (χ1v) is 14.0. The predicted octanol–water partition coefficient (Wildman–Crippen LogP) is 3.81. The highest BCUT2D eigenvalue weighted by Gasteiger charge is 2.20. The molecule has 4 heterocycles. The molecule has 0 radical (unpaired) electrons. The number of piperidine rings is 2. The number of benzene rings is 1. The van der Waals surface area contributed by atoms with E-state index in [1.54, 1.807) is 12.4 Å². The summed E-state index contributed by atoms with van der Waals surface area (Å²) >= 11 is 0. The van der Waals surface area contributed by atoms with Gasteiger partial charge < -0.3 is 25.6 Å². The van der Waals surface area contributed by atoms with Crippen molar-refractivity contribution in [1.29, 1.82) is 0 Å². The van der Waals surface area contributed by atoms with Crippen LogP contribution in [0.3, 0.4) is 0 Å². The summed E-state index contributed by atoms with van der Waals surface area (Å²) in [7, 11) is 2.14. The largest absolute Gasteiger partial charge is 0.433 e. The molecule has 1 amide bonds. The topological polar surface area (TPSA) is 114 Å². The van der Waals surface area contributed by atoms with Crippen molar-refractivity contribution in [3.8, 4) is 22.9 Å². The molecule has 5 rings (SSSR count). The van der Waals surface area contributed by atoms with E-state index in [1.807, 2.05) is 36.9 Å². The number of anilines is 1. The fourth-order valence-electron chi connectivity index (χ4n) is 5.61. The molecule has 10 heteroatoms. The molecule has 2 aliphatic heterocycles. The lowest BCUT2D eigenvalue weighted by Gasteiger charge is -2.28. The number of nitrogens with two attached hydrogens (primary N) is 1. The van der Waals surface area contributed by atoms with Gasteiger partial charge in [-0.15, -0.1) is 0 Å². The molecule has 2 aliphatic rings. The van der Waals surface area contributed by atoms with Crippen LogP contribution in [-0.4, -0.2) is 81.8 Å². The van der Waals surface area contributed by atoms with E-state index in [9.17, 15) is 4.79 Å². The molecular weight excluding hydrogens is 492 g/mol. The van der Waals surface area contributed by atoms with Crippen LogP contribution in [0, 0.1) is 13.8 Å². The van der Waals surface area contributed by atoms with Crippen molar-refractivity contribution in [2.24, 2.45) is 0 Å². The lowest BCUT2D eigenvalue weighted by atomic mass is 9.97. The van der Waals surface area contributed by atoms with Crippen molar-refractivity contribution in [3.05, 3.63) is 47.4 Å². The van der Waals surface area contributed by atoms with Crippen molar-refractivity contribution in [2.45, 2.75) is 52.0 Å². The Bertz CT molecular complexity index is 1270. The van der Waals surface area contributed by atoms with Crippen LogP contribution in [0.2, 0.25) is 0 Å². The maximum Gasteiger partial charge on any atom is 0.263 e. The second-order valence-corrected chi connectivity index (χ2v) is 10.9. The van der Waals surface area contributed by atoms with Gasteiger partial charge in [-0.2, -0.15) is 5.10 Å². The molecule has 39 heavy (non-hydrogen) atoms. The van der Waals surface area contributed by atoms with E-state index < -0.39 is 0 Å². The second-order valence-electron chi connectivity index (χ2n) is 10.9. The third kappa shape index (κ3) is 6.57. The molecule has 10 nitrogen and oxygen atoms in total. The zero-order valence-corrected chi connectivity index (χ0v) is 23.3. The highest BCUT2D eigenvalue weighted by Crippen LogP contribution is 2.30. The number of likely N-dealkylation sites (tertiary alicyclic amines) is 2. The van der Waals surface area contributed by atoms with Crippen molar-refractivity contribution < 1.29 is 9.53 Å². The monoisotopic (exact) mass is 532 g/mol. The summed E-state index contributed by atoms with van der Waals surface area (Å²) in [5.74, 6) is 0.993. The Morgan fingerprint density at radius 1 is 1.08 bits per heavy atom. The minimum atomic E-state index is -0.0393. The molecule has 2 fully saturated rings. The summed E-state index contributed by atoms with van der Waals surface area (Å²) in [5, 5.41) is 7.62. The Morgan fingerprint density at radius 3 is 2.51 bits per heavy atom. The van der Waals surface area contributed by atoms with Crippen molar-refractivity contribution >= 4 is 11.7 Å². The van der Waals surface area contributed by atoms with Crippen molar-refractivity contribution in [3.63, 3.8) is 0 Å². The Labute approximate surface area is 230 Å². The average Bonchev–Trinajstić information content (AvgIpc) is 3.39. The summed E-state index contributed by atoms with van der Waals surface area (Å²) in [6.07, 6.45) is 11.1.